The van der Waals surface area contributed by atoms with Gasteiger partial charge in [0.05, 0.1) is 0 Å². The monoisotopic (exact) mass is 238 g/mol. The summed E-state index contributed by atoms with van der Waals surface area (Å²) in [5, 5.41) is 0.948. The van der Waals surface area contributed by atoms with Crippen molar-refractivity contribution in [2.24, 2.45) is 0 Å². The molecule has 3 heteroatoms. The van der Waals surface area contributed by atoms with Gasteiger partial charge in [-0.05, 0) is 24.3 Å². The molecule has 88 valence electrons. The molecule has 0 N–H and O–H groups in total. The lowest BCUT2D eigenvalue weighted by atomic mass is 10.1. The molecule has 1 aromatic carbocycles. The van der Waals surface area contributed by atoms with Crippen molar-refractivity contribution >= 4 is 11.0 Å². The maximum atomic E-state index is 11.1. The van der Waals surface area contributed by atoms with E-state index in [4.69, 9.17) is 4.42 Å². The Labute approximate surface area is 104 Å². The SMILES string of the molecule is O=c1ccc2cc(C[n+]3ccccc3)ccc2o1. The van der Waals surface area contributed by atoms with Crippen LogP contribution in [0.2, 0.25) is 0 Å². The highest BCUT2D eigenvalue weighted by Crippen LogP contribution is 2.13. The number of aromatic nitrogens is 1. The van der Waals surface area contributed by atoms with Crippen LogP contribution in [0.4, 0.5) is 0 Å². The second-order valence-electron chi connectivity index (χ2n) is 4.17. The third kappa shape index (κ3) is 2.15. The summed E-state index contributed by atoms with van der Waals surface area (Å²) >= 11 is 0. The van der Waals surface area contributed by atoms with Crippen LogP contribution in [0.1, 0.15) is 5.56 Å². The fourth-order valence-electron chi connectivity index (χ4n) is 1.97. The average Bonchev–Trinajstić information content (AvgIpc) is 2.40. The molecule has 0 fully saturated rings. The van der Waals surface area contributed by atoms with Crippen LogP contribution in [-0.2, 0) is 6.54 Å². The van der Waals surface area contributed by atoms with Crippen LogP contribution in [0.15, 0.2) is 70.1 Å². The van der Waals surface area contributed by atoms with Gasteiger partial charge >= 0.3 is 5.63 Å². The first-order valence-corrected chi connectivity index (χ1v) is 5.78. The van der Waals surface area contributed by atoms with Crippen LogP contribution in [0.5, 0.6) is 0 Å². The molecule has 0 aliphatic carbocycles. The van der Waals surface area contributed by atoms with Crippen molar-refractivity contribution < 1.29 is 8.98 Å². The van der Waals surface area contributed by atoms with Crippen molar-refractivity contribution in [3.05, 3.63) is 76.9 Å². The summed E-state index contributed by atoms with van der Waals surface area (Å²) in [6.45, 7) is 0.801. The van der Waals surface area contributed by atoms with E-state index in [2.05, 4.69) is 4.57 Å². The minimum Gasteiger partial charge on any atom is -0.423 e. The highest BCUT2D eigenvalue weighted by Gasteiger charge is 2.03. The van der Waals surface area contributed by atoms with Gasteiger partial charge in [-0.3, -0.25) is 0 Å². The molecule has 0 spiro atoms. The smallest absolute Gasteiger partial charge is 0.336 e. The first kappa shape index (κ1) is 10.7. The van der Waals surface area contributed by atoms with E-state index in [0.29, 0.717) is 5.58 Å². The van der Waals surface area contributed by atoms with Crippen molar-refractivity contribution in [2.75, 3.05) is 0 Å². The first-order valence-electron chi connectivity index (χ1n) is 5.78. The number of hydrogen-bond donors (Lipinski definition) is 0. The van der Waals surface area contributed by atoms with E-state index in [0.717, 1.165) is 11.9 Å². The van der Waals surface area contributed by atoms with E-state index in [1.54, 1.807) is 6.07 Å². The molecule has 0 aliphatic heterocycles. The Balaban J connectivity index is 1.99. The number of hydrogen-bond acceptors (Lipinski definition) is 2. The molecule has 0 bridgehead atoms. The maximum absolute atomic E-state index is 11.1. The minimum absolute atomic E-state index is 0.312. The van der Waals surface area contributed by atoms with Crippen molar-refractivity contribution in [1.29, 1.82) is 0 Å². The Hall–Kier alpha value is -2.42. The van der Waals surface area contributed by atoms with Gasteiger partial charge in [-0.2, -0.15) is 0 Å². The zero-order valence-corrected chi connectivity index (χ0v) is 9.74. The molecular formula is C15H12NO2+. The Morgan fingerprint density at radius 2 is 1.83 bits per heavy atom. The summed E-state index contributed by atoms with van der Waals surface area (Å²) in [5.41, 5.74) is 1.49. The number of pyridine rings is 1. The zero-order valence-electron chi connectivity index (χ0n) is 9.74. The van der Waals surface area contributed by atoms with Crippen molar-refractivity contribution in [2.45, 2.75) is 6.54 Å². The van der Waals surface area contributed by atoms with Crippen LogP contribution in [0.3, 0.4) is 0 Å². The first-order chi connectivity index (χ1) is 8.81. The Morgan fingerprint density at radius 1 is 1.00 bits per heavy atom. The molecule has 0 saturated heterocycles. The van der Waals surface area contributed by atoms with Gasteiger partial charge in [0.15, 0.2) is 18.9 Å². The summed E-state index contributed by atoms with van der Waals surface area (Å²) in [7, 11) is 0. The highest BCUT2D eigenvalue weighted by atomic mass is 16.4. The molecule has 0 radical (unpaired) electrons. The van der Waals surface area contributed by atoms with Crippen LogP contribution in [0.25, 0.3) is 11.0 Å². The van der Waals surface area contributed by atoms with E-state index in [1.165, 1.54) is 11.6 Å². The molecule has 2 heterocycles. The van der Waals surface area contributed by atoms with Crippen molar-refractivity contribution in [1.82, 2.24) is 0 Å². The standard InChI is InChI=1S/C15H12NO2/c17-15-7-5-13-10-12(4-6-14(13)18-15)11-16-8-2-1-3-9-16/h1-10H,11H2/q+1. The lowest BCUT2D eigenvalue weighted by Crippen LogP contribution is -2.32. The normalized spacial score (nSPS) is 10.7. The summed E-state index contributed by atoms with van der Waals surface area (Å²) in [6.07, 6.45) is 4.05. The number of rotatable bonds is 2. The van der Waals surface area contributed by atoms with Gasteiger partial charge in [0, 0.05) is 29.1 Å². The van der Waals surface area contributed by atoms with E-state index >= 15 is 0 Å². The van der Waals surface area contributed by atoms with Crippen LogP contribution < -0.4 is 10.2 Å². The summed E-state index contributed by atoms with van der Waals surface area (Å²) in [5.74, 6) is 0. The van der Waals surface area contributed by atoms with Crippen LogP contribution >= 0.6 is 0 Å². The quantitative estimate of drug-likeness (QED) is 0.506. The molecule has 18 heavy (non-hydrogen) atoms. The molecule has 0 unspecified atom stereocenters. The lowest BCUT2D eigenvalue weighted by Gasteiger charge is -2.00. The number of nitrogens with zero attached hydrogens (tertiary/aromatic N) is 1. The van der Waals surface area contributed by atoms with E-state index in [-0.39, 0.29) is 5.63 Å². The fraction of sp³-hybridized carbons (Fsp3) is 0.0667. The van der Waals surface area contributed by atoms with Gasteiger partial charge in [0.25, 0.3) is 0 Å². The molecular weight excluding hydrogens is 226 g/mol. The summed E-state index contributed by atoms with van der Waals surface area (Å²) < 4.78 is 7.20. The van der Waals surface area contributed by atoms with Gasteiger partial charge in [0.2, 0.25) is 0 Å². The molecule has 3 aromatic rings. The maximum Gasteiger partial charge on any atom is 0.336 e. The third-order valence-corrected chi connectivity index (χ3v) is 2.83. The van der Waals surface area contributed by atoms with E-state index < -0.39 is 0 Å². The van der Waals surface area contributed by atoms with Crippen LogP contribution in [0, 0.1) is 0 Å². The minimum atomic E-state index is -0.312. The number of fused-ring (bicyclic) bond motifs is 1. The molecule has 2 aromatic heterocycles. The Bertz CT molecular complexity index is 732. The summed E-state index contributed by atoms with van der Waals surface area (Å²) in [6, 6.07) is 15.1. The second kappa shape index (κ2) is 4.45. The highest BCUT2D eigenvalue weighted by molar-refractivity contribution is 5.76. The fourth-order valence-corrected chi connectivity index (χ4v) is 1.97. The predicted molar refractivity (Wildman–Crippen MR) is 68.2 cm³/mol. The Morgan fingerprint density at radius 3 is 2.67 bits per heavy atom. The second-order valence-corrected chi connectivity index (χ2v) is 4.17. The van der Waals surface area contributed by atoms with Crippen molar-refractivity contribution in [3.8, 4) is 0 Å². The molecule has 0 amide bonds. The van der Waals surface area contributed by atoms with Crippen LogP contribution in [-0.4, -0.2) is 0 Å². The number of benzene rings is 1. The Kier molecular flexibility index (Phi) is 2.65. The molecule has 3 rings (SSSR count). The molecule has 0 aliphatic rings. The molecule has 0 saturated carbocycles. The predicted octanol–water partition coefficient (Wildman–Crippen LogP) is 2.13. The largest absolute Gasteiger partial charge is 0.423 e. The van der Waals surface area contributed by atoms with Gasteiger partial charge < -0.3 is 4.42 Å². The average molecular weight is 238 g/mol. The summed E-state index contributed by atoms with van der Waals surface area (Å²) in [4.78, 5) is 11.1. The third-order valence-electron chi connectivity index (χ3n) is 2.83. The zero-order chi connectivity index (χ0) is 12.4. The van der Waals surface area contributed by atoms with E-state index in [1.807, 2.05) is 48.8 Å². The molecule has 3 nitrogen and oxygen atoms in total. The lowest BCUT2D eigenvalue weighted by molar-refractivity contribution is -0.688. The van der Waals surface area contributed by atoms with Gasteiger partial charge in [-0.25, -0.2) is 9.36 Å². The van der Waals surface area contributed by atoms with Gasteiger partial charge in [0.1, 0.15) is 5.58 Å². The van der Waals surface area contributed by atoms with E-state index in [9.17, 15) is 4.79 Å². The topological polar surface area (TPSA) is 34.1 Å². The molecule has 0 atom stereocenters. The van der Waals surface area contributed by atoms with Crippen molar-refractivity contribution in [3.63, 3.8) is 0 Å². The van der Waals surface area contributed by atoms with Gasteiger partial charge in [-0.1, -0.05) is 6.07 Å². The van der Waals surface area contributed by atoms with Gasteiger partial charge in [-0.15, -0.1) is 0 Å².